The van der Waals surface area contributed by atoms with Gasteiger partial charge in [-0.3, -0.25) is 9.59 Å². The summed E-state index contributed by atoms with van der Waals surface area (Å²) >= 11 is 6.03. The van der Waals surface area contributed by atoms with Crippen LogP contribution in [0.3, 0.4) is 0 Å². The second kappa shape index (κ2) is 13.2. The molecular formula is C29H32ClN3O6S. The fraction of sp³-hybridized carbons (Fsp3) is 0.310. The van der Waals surface area contributed by atoms with E-state index in [1.165, 1.54) is 12.1 Å². The monoisotopic (exact) mass is 585 g/mol. The lowest BCUT2D eigenvalue weighted by molar-refractivity contribution is -0.140. The molecule has 1 aliphatic heterocycles. The first kappa shape index (κ1) is 29.4. The van der Waals surface area contributed by atoms with Crippen molar-refractivity contribution >= 4 is 33.4 Å². The summed E-state index contributed by atoms with van der Waals surface area (Å²) in [6.45, 7) is 4.38. The molecule has 0 fully saturated rings. The Labute approximate surface area is 239 Å². The first-order valence-electron chi connectivity index (χ1n) is 12.9. The molecule has 11 heteroatoms. The number of sulfonamides is 1. The molecule has 1 atom stereocenters. The molecule has 40 heavy (non-hydrogen) atoms. The molecule has 9 nitrogen and oxygen atoms in total. The first-order valence-corrected chi connectivity index (χ1v) is 14.8. The normalized spacial score (nSPS) is 13.1. The number of benzene rings is 3. The van der Waals surface area contributed by atoms with Crippen molar-refractivity contribution in [1.82, 2.24) is 14.9 Å². The van der Waals surface area contributed by atoms with Crippen LogP contribution in [0.25, 0.3) is 0 Å². The van der Waals surface area contributed by atoms with E-state index >= 15 is 0 Å². The SMILES string of the molecule is CCNS(=O)(=O)c1ccc(CCC(=O)N(Cc2ccc(Cl)cc2)C(C)C(=O)NCc2ccc3c(c2)OCO3)cc1. The molecule has 0 aromatic heterocycles. The van der Waals surface area contributed by atoms with Crippen molar-refractivity contribution in [2.45, 2.75) is 50.7 Å². The zero-order valence-corrected chi connectivity index (χ0v) is 23.9. The van der Waals surface area contributed by atoms with Crippen molar-refractivity contribution in [2.75, 3.05) is 13.3 Å². The summed E-state index contributed by atoms with van der Waals surface area (Å²) in [5.41, 5.74) is 2.50. The Morgan fingerprint density at radius 3 is 2.30 bits per heavy atom. The molecule has 0 aliphatic carbocycles. The second-order valence-corrected chi connectivity index (χ2v) is 11.6. The molecule has 0 saturated carbocycles. The van der Waals surface area contributed by atoms with E-state index in [-0.39, 0.29) is 43.0 Å². The van der Waals surface area contributed by atoms with E-state index < -0.39 is 16.1 Å². The highest BCUT2D eigenvalue weighted by Crippen LogP contribution is 2.32. The molecule has 212 valence electrons. The van der Waals surface area contributed by atoms with Crippen LogP contribution in [0.4, 0.5) is 0 Å². The number of hydrogen-bond acceptors (Lipinski definition) is 6. The maximum Gasteiger partial charge on any atom is 0.242 e. The number of nitrogens with zero attached hydrogens (tertiary/aromatic N) is 1. The number of hydrogen-bond donors (Lipinski definition) is 2. The van der Waals surface area contributed by atoms with Gasteiger partial charge in [0.05, 0.1) is 4.90 Å². The lowest BCUT2D eigenvalue weighted by Crippen LogP contribution is -2.47. The number of halogens is 1. The van der Waals surface area contributed by atoms with Gasteiger partial charge in [-0.1, -0.05) is 48.9 Å². The summed E-state index contributed by atoms with van der Waals surface area (Å²) < 4.78 is 37.6. The van der Waals surface area contributed by atoms with Crippen LogP contribution in [0.15, 0.2) is 71.6 Å². The zero-order chi connectivity index (χ0) is 28.7. The summed E-state index contributed by atoms with van der Waals surface area (Å²) in [7, 11) is -3.55. The zero-order valence-electron chi connectivity index (χ0n) is 22.4. The topological polar surface area (TPSA) is 114 Å². The Bertz CT molecular complexity index is 1450. The fourth-order valence-electron chi connectivity index (χ4n) is 4.26. The van der Waals surface area contributed by atoms with Gasteiger partial charge in [0.2, 0.25) is 28.6 Å². The van der Waals surface area contributed by atoms with Crippen LogP contribution in [-0.2, 0) is 39.1 Å². The van der Waals surface area contributed by atoms with E-state index in [0.717, 1.165) is 16.7 Å². The van der Waals surface area contributed by atoms with Gasteiger partial charge in [-0.25, -0.2) is 13.1 Å². The maximum atomic E-state index is 13.4. The van der Waals surface area contributed by atoms with Crippen molar-refractivity contribution in [1.29, 1.82) is 0 Å². The lowest BCUT2D eigenvalue weighted by Gasteiger charge is -2.29. The molecular weight excluding hydrogens is 554 g/mol. The van der Waals surface area contributed by atoms with Crippen LogP contribution < -0.4 is 19.5 Å². The predicted octanol–water partition coefficient (Wildman–Crippen LogP) is 4.03. The Hall–Kier alpha value is -3.60. The van der Waals surface area contributed by atoms with Crippen molar-refractivity contribution in [3.05, 3.63) is 88.4 Å². The third kappa shape index (κ3) is 7.53. The van der Waals surface area contributed by atoms with Crippen LogP contribution in [0.2, 0.25) is 5.02 Å². The van der Waals surface area contributed by atoms with Crippen LogP contribution >= 0.6 is 11.6 Å². The number of rotatable bonds is 12. The van der Waals surface area contributed by atoms with E-state index in [2.05, 4.69) is 10.0 Å². The highest BCUT2D eigenvalue weighted by molar-refractivity contribution is 7.89. The predicted molar refractivity (Wildman–Crippen MR) is 152 cm³/mol. The Kier molecular flexibility index (Phi) is 9.67. The molecule has 1 heterocycles. The Balaban J connectivity index is 1.42. The molecule has 0 spiro atoms. The third-order valence-electron chi connectivity index (χ3n) is 6.53. The molecule has 3 aromatic rings. The molecule has 2 amide bonds. The van der Waals surface area contributed by atoms with E-state index in [1.807, 2.05) is 24.3 Å². The van der Waals surface area contributed by atoms with Crippen LogP contribution in [-0.4, -0.2) is 44.5 Å². The molecule has 3 aromatic carbocycles. The number of carbonyl (C=O) groups is 2. The number of amides is 2. The number of nitrogens with one attached hydrogen (secondary N) is 2. The Morgan fingerprint density at radius 2 is 1.60 bits per heavy atom. The highest BCUT2D eigenvalue weighted by Gasteiger charge is 2.26. The smallest absolute Gasteiger partial charge is 0.242 e. The van der Waals surface area contributed by atoms with Crippen LogP contribution in [0, 0.1) is 0 Å². The first-order chi connectivity index (χ1) is 19.2. The van der Waals surface area contributed by atoms with Gasteiger partial charge in [0.15, 0.2) is 11.5 Å². The van der Waals surface area contributed by atoms with Gasteiger partial charge in [0, 0.05) is 31.1 Å². The van der Waals surface area contributed by atoms with E-state index in [0.29, 0.717) is 29.5 Å². The minimum Gasteiger partial charge on any atom is -0.454 e. The van der Waals surface area contributed by atoms with Gasteiger partial charge in [-0.2, -0.15) is 0 Å². The summed E-state index contributed by atoms with van der Waals surface area (Å²) in [4.78, 5) is 28.3. The minimum absolute atomic E-state index is 0.146. The number of fused-ring (bicyclic) bond motifs is 1. The maximum absolute atomic E-state index is 13.4. The van der Waals surface area contributed by atoms with Gasteiger partial charge in [0.1, 0.15) is 6.04 Å². The van der Waals surface area contributed by atoms with Crippen LogP contribution in [0.5, 0.6) is 11.5 Å². The quantitative estimate of drug-likeness (QED) is 0.332. The highest BCUT2D eigenvalue weighted by atomic mass is 35.5. The largest absolute Gasteiger partial charge is 0.454 e. The summed E-state index contributed by atoms with van der Waals surface area (Å²) in [6.07, 6.45) is 0.537. The van der Waals surface area contributed by atoms with Gasteiger partial charge in [-0.15, -0.1) is 0 Å². The fourth-order valence-corrected chi connectivity index (χ4v) is 5.43. The number of aryl methyl sites for hydroxylation is 1. The molecule has 0 saturated heterocycles. The molecule has 1 aliphatic rings. The van der Waals surface area contributed by atoms with Gasteiger partial charge >= 0.3 is 0 Å². The van der Waals surface area contributed by atoms with E-state index in [9.17, 15) is 18.0 Å². The summed E-state index contributed by atoms with van der Waals surface area (Å²) in [6, 6.07) is 18.3. The average molecular weight is 586 g/mol. The molecule has 1 unspecified atom stereocenters. The molecule has 4 rings (SSSR count). The van der Waals surface area contributed by atoms with E-state index in [1.54, 1.807) is 49.1 Å². The van der Waals surface area contributed by atoms with Gasteiger partial charge < -0.3 is 19.7 Å². The molecule has 2 N–H and O–H groups in total. The average Bonchev–Trinajstić information content (AvgIpc) is 3.42. The van der Waals surface area contributed by atoms with Gasteiger partial charge in [-0.05, 0) is 66.4 Å². The number of carbonyl (C=O) groups excluding carboxylic acids is 2. The van der Waals surface area contributed by atoms with Gasteiger partial charge in [0.25, 0.3) is 0 Å². The minimum atomic E-state index is -3.55. The van der Waals surface area contributed by atoms with Crippen LogP contribution in [0.1, 0.15) is 37.0 Å². The van der Waals surface area contributed by atoms with Crippen molar-refractivity contribution in [2.24, 2.45) is 0 Å². The van der Waals surface area contributed by atoms with Crippen molar-refractivity contribution in [3.63, 3.8) is 0 Å². The summed E-state index contributed by atoms with van der Waals surface area (Å²) in [5.74, 6) is 0.798. The van der Waals surface area contributed by atoms with E-state index in [4.69, 9.17) is 21.1 Å². The lowest BCUT2D eigenvalue weighted by atomic mass is 10.1. The second-order valence-electron chi connectivity index (χ2n) is 9.37. The standard InChI is InChI=1S/C29H32ClN3O6S/c1-3-32-40(36,37)25-12-6-21(7-13-25)9-15-28(34)33(18-22-4-10-24(30)11-5-22)20(2)29(35)31-17-23-8-14-26-27(16-23)39-19-38-26/h4-8,10-14,16,20,32H,3,9,15,17-19H2,1-2H3,(H,31,35). The molecule has 0 radical (unpaired) electrons. The number of ether oxygens (including phenoxy) is 2. The third-order valence-corrected chi connectivity index (χ3v) is 8.35. The summed E-state index contributed by atoms with van der Waals surface area (Å²) in [5, 5.41) is 3.49. The van der Waals surface area contributed by atoms with Crippen molar-refractivity contribution < 1.29 is 27.5 Å². The Morgan fingerprint density at radius 1 is 0.950 bits per heavy atom. The van der Waals surface area contributed by atoms with Crippen molar-refractivity contribution in [3.8, 4) is 11.5 Å². The molecule has 0 bridgehead atoms.